The highest BCUT2D eigenvalue weighted by Crippen LogP contribution is 2.31. The van der Waals surface area contributed by atoms with Crippen molar-refractivity contribution in [3.63, 3.8) is 0 Å². The molecule has 1 aromatic carbocycles. The Morgan fingerprint density at radius 1 is 1.16 bits per heavy atom. The van der Waals surface area contributed by atoms with E-state index in [1.165, 1.54) is 31.6 Å². The SMILES string of the molecule is COc1ccc(OC(F)(F)F)cc1S(=O)Nc1cncc(C(=O)NC2CCCCC2)c1. The van der Waals surface area contributed by atoms with E-state index < -0.39 is 23.1 Å². The predicted octanol–water partition coefficient (Wildman–Crippen LogP) is 4.19. The Morgan fingerprint density at radius 2 is 1.90 bits per heavy atom. The molecule has 1 heterocycles. The van der Waals surface area contributed by atoms with Crippen LogP contribution in [-0.2, 0) is 11.0 Å². The molecular formula is C20H22F3N3O4S. The van der Waals surface area contributed by atoms with E-state index in [0.717, 1.165) is 44.2 Å². The van der Waals surface area contributed by atoms with Crippen LogP contribution in [0.4, 0.5) is 18.9 Å². The number of anilines is 1. The van der Waals surface area contributed by atoms with Gasteiger partial charge in [0.15, 0.2) is 11.0 Å². The van der Waals surface area contributed by atoms with Crippen LogP contribution in [0.3, 0.4) is 0 Å². The van der Waals surface area contributed by atoms with Gasteiger partial charge >= 0.3 is 6.36 Å². The number of alkyl halides is 3. The number of pyridine rings is 1. The van der Waals surface area contributed by atoms with Gasteiger partial charge < -0.3 is 14.8 Å². The van der Waals surface area contributed by atoms with Crippen molar-refractivity contribution in [1.29, 1.82) is 0 Å². The quantitative estimate of drug-likeness (QED) is 0.651. The highest BCUT2D eigenvalue weighted by Gasteiger charge is 2.31. The summed E-state index contributed by atoms with van der Waals surface area (Å²) in [5.41, 5.74) is 0.549. The van der Waals surface area contributed by atoms with Crippen LogP contribution in [-0.4, -0.2) is 34.6 Å². The summed E-state index contributed by atoms with van der Waals surface area (Å²) in [5, 5.41) is 2.97. The molecule has 0 aliphatic heterocycles. The van der Waals surface area contributed by atoms with Crippen LogP contribution in [0.15, 0.2) is 41.6 Å². The van der Waals surface area contributed by atoms with E-state index in [4.69, 9.17) is 4.74 Å². The first-order valence-electron chi connectivity index (χ1n) is 9.63. The summed E-state index contributed by atoms with van der Waals surface area (Å²) >= 11 is 0. The first kappa shape index (κ1) is 22.9. The zero-order valence-electron chi connectivity index (χ0n) is 16.7. The third-order valence-corrected chi connectivity index (χ3v) is 5.86. The Balaban J connectivity index is 1.73. The van der Waals surface area contributed by atoms with Crippen LogP contribution in [0, 0.1) is 0 Å². The number of halogens is 3. The molecule has 11 heteroatoms. The molecule has 1 aliphatic rings. The Bertz CT molecular complexity index is 950. The number of hydrogen-bond donors (Lipinski definition) is 2. The van der Waals surface area contributed by atoms with Crippen LogP contribution in [0.5, 0.6) is 11.5 Å². The van der Waals surface area contributed by atoms with Crippen molar-refractivity contribution in [2.24, 2.45) is 0 Å². The van der Waals surface area contributed by atoms with E-state index in [9.17, 15) is 22.2 Å². The topological polar surface area (TPSA) is 89.6 Å². The zero-order valence-corrected chi connectivity index (χ0v) is 17.5. The summed E-state index contributed by atoms with van der Waals surface area (Å²) in [6, 6.07) is 4.86. The minimum absolute atomic E-state index is 0.0543. The summed E-state index contributed by atoms with van der Waals surface area (Å²) in [7, 11) is -0.703. The highest BCUT2D eigenvalue weighted by atomic mass is 32.2. The maximum atomic E-state index is 12.8. The number of nitrogens with one attached hydrogen (secondary N) is 2. The number of carbonyl (C=O) groups excluding carboxylic acids is 1. The fraction of sp³-hybridized carbons (Fsp3) is 0.400. The van der Waals surface area contributed by atoms with Crippen molar-refractivity contribution >= 4 is 22.6 Å². The third-order valence-electron chi connectivity index (χ3n) is 4.72. The van der Waals surface area contributed by atoms with E-state index in [1.807, 2.05) is 0 Å². The maximum absolute atomic E-state index is 12.8. The van der Waals surface area contributed by atoms with Gasteiger partial charge in [-0.1, -0.05) is 19.3 Å². The molecule has 1 unspecified atom stereocenters. The number of nitrogens with zero attached hydrogens (tertiary/aromatic N) is 1. The van der Waals surface area contributed by atoms with Gasteiger partial charge in [0.05, 0.1) is 24.6 Å². The number of aromatic nitrogens is 1. The lowest BCUT2D eigenvalue weighted by Gasteiger charge is -2.22. The van der Waals surface area contributed by atoms with Gasteiger partial charge in [-0.25, -0.2) is 4.21 Å². The molecule has 3 rings (SSSR count). The summed E-state index contributed by atoms with van der Waals surface area (Å²) < 4.78 is 61.9. The molecule has 31 heavy (non-hydrogen) atoms. The second-order valence-electron chi connectivity index (χ2n) is 7.00. The molecule has 1 fully saturated rings. The number of carbonyl (C=O) groups is 1. The summed E-state index contributed by atoms with van der Waals surface area (Å²) in [6.45, 7) is 0. The van der Waals surface area contributed by atoms with Gasteiger partial charge in [-0.3, -0.25) is 14.5 Å². The van der Waals surface area contributed by atoms with Crippen molar-refractivity contribution in [2.75, 3.05) is 11.8 Å². The smallest absolute Gasteiger partial charge is 0.495 e. The number of benzene rings is 1. The molecule has 1 atom stereocenters. The molecule has 168 valence electrons. The molecule has 0 radical (unpaired) electrons. The van der Waals surface area contributed by atoms with Crippen molar-refractivity contribution < 1.29 is 31.6 Å². The summed E-state index contributed by atoms with van der Waals surface area (Å²) in [5.74, 6) is -0.705. The number of hydrogen-bond acceptors (Lipinski definition) is 5. The number of rotatable bonds is 7. The predicted molar refractivity (Wildman–Crippen MR) is 108 cm³/mol. The van der Waals surface area contributed by atoms with Gasteiger partial charge in [-0.05, 0) is 31.0 Å². The average molecular weight is 457 g/mol. The van der Waals surface area contributed by atoms with Crippen molar-refractivity contribution in [3.8, 4) is 11.5 Å². The molecule has 1 aromatic heterocycles. The van der Waals surface area contributed by atoms with Gasteiger partial charge in [0, 0.05) is 18.3 Å². The first-order chi connectivity index (χ1) is 14.7. The molecule has 1 aliphatic carbocycles. The number of methoxy groups -OCH3 is 1. The van der Waals surface area contributed by atoms with E-state index in [0.29, 0.717) is 0 Å². The fourth-order valence-corrected chi connectivity index (χ4v) is 4.29. The van der Waals surface area contributed by atoms with E-state index in [-0.39, 0.29) is 33.8 Å². The molecule has 2 aromatic rings. The summed E-state index contributed by atoms with van der Waals surface area (Å²) in [4.78, 5) is 16.4. The van der Waals surface area contributed by atoms with Crippen LogP contribution < -0.4 is 19.5 Å². The van der Waals surface area contributed by atoms with Crippen LogP contribution in [0.2, 0.25) is 0 Å². The minimum Gasteiger partial charge on any atom is -0.495 e. The Morgan fingerprint density at radius 3 is 2.58 bits per heavy atom. The van der Waals surface area contributed by atoms with Crippen LogP contribution in [0.25, 0.3) is 0 Å². The Labute approximate surface area is 179 Å². The third kappa shape index (κ3) is 6.58. The summed E-state index contributed by atoms with van der Waals surface area (Å²) in [6.07, 6.45) is 3.03. The second-order valence-corrected chi connectivity index (χ2v) is 8.18. The van der Waals surface area contributed by atoms with Gasteiger partial charge in [-0.2, -0.15) is 0 Å². The lowest BCUT2D eigenvalue weighted by Crippen LogP contribution is -2.36. The molecule has 2 N–H and O–H groups in total. The fourth-order valence-electron chi connectivity index (χ4n) is 3.30. The van der Waals surface area contributed by atoms with Gasteiger partial charge in [0.1, 0.15) is 16.4 Å². The highest BCUT2D eigenvalue weighted by molar-refractivity contribution is 7.86. The monoisotopic (exact) mass is 457 g/mol. The van der Waals surface area contributed by atoms with E-state index in [1.54, 1.807) is 0 Å². The molecule has 7 nitrogen and oxygen atoms in total. The molecule has 0 saturated heterocycles. The number of amides is 1. The normalized spacial score (nSPS) is 15.7. The van der Waals surface area contributed by atoms with Crippen LogP contribution >= 0.6 is 0 Å². The largest absolute Gasteiger partial charge is 0.573 e. The molecule has 1 amide bonds. The van der Waals surface area contributed by atoms with Gasteiger partial charge in [0.2, 0.25) is 0 Å². The Hall–Kier alpha value is -2.82. The lowest BCUT2D eigenvalue weighted by atomic mass is 9.95. The maximum Gasteiger partial charge on any atom is 0.573 e. The lowest BCUT2D eigenvalue weighted by molar-refractivity contribution is -0.274. The molecule has 0 bridgehead atoms. The number of ether oxygens (including phenoxy) is 2. The van der Waals surface area contributed by atoms with E-state index >= 15 is 0 Å². The standard InChI is InChI=1S/C20H22F3N3O4S/c1-29-17-8-7-16(30-20(21,22)23)10-18(17)31(28)26-15-9-13(11-24-12-15)19(27)25-14-5-3-2-4-6-14/h7-12,14,26H,2-6H2,1H3,(H,25,27). The average Bonchev–Trinajstić information content (AvgIpc) is 2.73. The first-order valence-corrected chi connectivity index (χ1v) is 10.8. The van der Waals surface area contributed by atoms with E-state index in [2.05, 4.69) is 19.8 Å². The van der Waals surface area contributed by atoms with Crippen molar-refractivity contribution in [3.05, 3.63) is 42.2 Å². The van der Waals surface area contributed by atoms with Crippen molar-refractivity contribution in [1.82, 2.24) is 10.3 Å². The van der Waals surface area contributed by atoms with Crippen LogP contribution in [0.1, 0.15) is 42.5 Å². The molecular weight excluding hydrogens is 435 g/mol. The second kappa shape index (κ2) is 9.99. The van der Waals surface area contributed by atoms with Gasteiger partial charge in [0.25, 0.3) is 5.91 Å². The van der Waals surface area contributed by atoms with Gasteiger partial charge in [-0.15, -0.1) is 13.2 Å². The Kier molecular flexibility index (Phi) is 7.37. The minimum atomic E-state index is -4.88. The zero-order chi connectivity index (χ0) is 22.4. The van der Waals surface area contributed by atoms with Crippen molar-refractivity contribution in [2.45, 2.75) is 49.4 Å². The molecule has 1 saturated carbocycles. The molecule has 0 spiro atoms.